The molecule has 0 aliphatic carbocycles. The van der Waals surface area contributed by atoms with E-state index in [0.717, 1.165) is 43.7 Å². The number of likely N-dealkylation sites (N-methyl/N-ethyl adjacent to an activating group) is 2. The highest BCUT2D eigenvalue weighted by Gasteiger charge is 2.37. The number of aryl methyl sites for hydroxylation is 1. The maximum atomic E-state index is 15.1. The molecule has 0 aromatic heterocycles. The van der Waals surface area contributed by atoms with E-state index >= 15 is 4.39 Å². The van der Waals surface area contributed by atoms with Gasteiger partial charge >= 0.3 is 12.1 Å². The first-order valence-corrected chi connectivity index (χ1v) is 16.3. The smallest absolute Gasteiger partial charge is 0.401 e. The molecule has 0 N–H and O–H groups in total. The van der Waals surface area contributed by atoms with E-state index in [9.17, 15) is 18.0 Å². The highest BCUT2D eigenvalue weighted by molar-refractivity contribution is 6.30. The molecule has 2 atom stereocenters. The number of benzene rings is 2. The molecule has 250 valence electrons. The van der Waals surface area contributed by atoms with E-state index in [1.54, 1.807) is 19.9 Å². The molecular weight excluding hydrogens is 608 g/mol. The normalized spacial score (nSPS) is 19.2. The summed E-state index contributed by atoms with van der Waals surface area (Å²) in [7, 11) is 4.01. The van der Waals surface area contributed by atoms with Crippen molar-refractivity contribution in [1.82, 2.24) is 19.6 Å². The summed E-state index contributed by atoms with van der Waals surface area (Å²) < 4.78 is 59.8. The highest BCUT2D eigenvalue weighted by atomic mass is 35.5. The number of halogens is 5. The van der Waals surface area contributed by atoms with Crippen LogP contribution in [0.3, 0.4) is 0 Å². The second-order valence-corrected chi connectivity index (χ2v) is 13.1. The molecule has 2 aromatic carbocycles. The summed E-state index contributed by atoms with van der Waals surface area (Å²) in [5.41, 5.74) is 4.04. The molecule has 4 rings (SSSR count). The largest absolute Gasteiger partial charge is 0.465 e. The Hall–Kier alpha value is -2.24. The molecule has 2 saturated heterocycles. The number of likely N-dealkylation sites (tertiary alicyclic amines) is 1. The molecule has 1 unspecified atom stereocenters. The molecule has 6 nitrogen and oxygen atoms in total. The van der Waals surface area contributed by atoms with E-state index < -0.39 is 24.7 Å². The highest BCUT2D eigenvalue weighted by Crippen LogP contribution is 2.39. The first-order valence-electron chi connectivity index (χ1n) is 15.9. The lowest BCUT2D eigenvalue weighted by Gasteiger charge is -2.40. The van der Waals surface area contributed by atoms with Gasteiger partial charge in [0.15, 0.2) is 0 Å². The molecule has 2 aliphatic rings. The summed E-state index contributed by atoms with van der Waals surface area (Å²) >= 11 is 6.50. The first-order chi connectivity index (χ1) is 21.3. The number of rotatable bonds is 11. The van der Waals surface area contributed by atoms with Crippen molar-refractivity contribution in [3.8, 4) is 0 Å². The summed E-state index contributed by atoms with van der Waals surface area (Å²) in [6.45, 7) is 9.51. The molecule has 2 fully saturated rings. The van der Waals surface area contributed by atoms with Gasteiger partial charge in [-0.2, -0.15) is 13.2 Å². The van der Waals surface area contributed by atoms with Crippen molar-refractivity contribution in [2.24, 2.45) is 0 Å². The van der Waals surface area contributed by atoms with Gasteiger partial charge in [-0.05, 0) is 119 Å². The van der Waals surface area contributed by atoms with E-state index in [0.29, 0.717) is 41.1 Å². The Morgan fingerprint density at radius 1 is 1.07 bits per heavy atom. The number of hydrogen-bond acceptors (Lipinski definition) is 6. The minimum atomic E-state index is -4.27. The fourth-order valence-electron chi connectivity index (χ4n) is 7.01. The molecule has 0 saturated carbocycles. The van der Waals surface area contributed by atoms with Gasteiger partial charge < -0.3 is 9.64 Å². The van der Waals surface area contributed by atoms with Crippen LogP contribution in [0, 0.1) is 19.7 Å². The number of carbonyl (C=O) groups excluding carboxylic acids is 1. The SMILES string of the molecule is CCOC(=O)C(c1ccc(F)c(C)c1C1CCN(CC(F)(F)F)CC1)N(C)CC[C@@H](c1cc(C)cc(Cl)c1)N1CCN(C)CC1. The Kier molecular flexibility index (Phi) is 12.3. The molecule has 45 heavy (non-hydrogen) atoms. The zero-order valence-electron chi connectivity index (χ0n) is 27.1. The van der Waals surface area contributed by atoms with E-state index in [2.05, 4.69) is 22.9 Å². The number of hydrogen-bond donors (Lipinski definition) is 0. The number of ether oxygens (including phenoxy) is 1. The maximum absolute atomic E-state index is 15.1. The van der Waals surface area contributed by atoms with Crippen molar-refractivity contribution in [3.05, 3.63) is 69.0 Å². The number of piperidine rings is 1. The fourth-order valence-corrected chi connectivity index (χ4v) is 7.31. The van der Waals surface area contributed by atoms with E-state index in [-0.39, 0.29) is 37.5 Å². The van der Waals surface area contributed by atoms with Gasteiger partial charge in [0, 0.05) is 43.8 Å². The second-order valence-electron chi connectivity index (χ2n) is 12.7. The van der Waals surface area contributed by atoms with E-state index in [1.807, 2.05) is 31.0 Å². The molecule has 2 heterocycles. The molecule has 0 spiro atoms. The Labute approximate surface area is 270 Å². The molecule has 0 radical (unpaired) electrons. The Balaban J connectivity index is 1.62. The number of esters is 1. The van der Waals surface area contributed by atoms with Crippen molar-refractivity contribution in [2.45, 2.75) is 64.2 Å². The third-order valence-electron chi connectivity index (χ3n) is 9.31. The van der Waals surface area contributed by atoms with Gasteiger partial charge in [0.05, 0.1) is 13.2 Å². The number of piperazine rings is 1. The zero-order chi connectivity index (χ0) is 32.9. The Morgan fingerprint density at radius 3 is 2.33 bits per heavy atom. The van der Waals surface area contributed by atoms with Crippen molar-refractivity contribution in [1.29, 1.82) is 0 Å². The Morgan fingerprint density at radius 2 is 1.73 bits per heavy atom. The minimum Gasteiger partial charge on any atom is -0.465 e. The third-order valence-corrected chi connectivity index (χ3v) is 9.53. The number of carbonyl (C=O) groups is 1. The maximum Gasteiger partial charge on any atom is 0.401 e. The number of nitrogens with zero attached hydrogens (tertiary/aromatic N) is 4. The van der Waals surface area contributed by atoms with Gasteiger partial charge in [-0.3, -0.25) is 14.7 Å². The van der Waals surface area contributed by atoms with Crippen LogP contribution in [0.5, 0.6) is 0 Å². The van der Waals surface area contributed by atoms with Crippen LogP contribution >= 0.6 is 11.6 Å². The fraction of sp³-hybridized carbons (Fsp3) is 0.618. The lowest BCUT2D eigenvalue weighted by molar-refractivity contribution is -0.150. The van der Waals surface area contributed by atoms with Crippen molar-refractivity contribution in [3.63, 3.8) is 0 Å². The van der Waals surface area contributed by atoms with Crippen LogP contribution < -0.4 is 0 Å². The third kappa shape index (κ3) is 9.41. The predicted octanol–water partition coefficient (Wildman–Crippen LogP) is 6.75. The Bertz CT molecular complexity index is 1270. The summed E-state index contributed by atoms with van der Waals surface area (Å²) in [6.07, 6.45) is -2.64. The molecular formula is C34H47ClF4N4O2. The number of alkyl halides is 3. The van der Waals surface area contributed by atoms with E-state index in [4.69, 9.17) is 16.3 Å². The van der Waals surface area contributed by atoms with Crippen LogP contribution in [0.15, 0.2) is 30.3 Å². The average Bonchev–Trinajstić information content (AvgIpc) is 2.96. The van der Waals surface area contributed by atoms with Crippen molar-refractivity contribution < 1.29 is 27.1 Å². The molecule has 2 aromatic rings. The second kappa shape index (κ2) is 15.6. The quantitative estimate of drug-likeness (QED) is 0.197. The summed E-state index contributed by atoms with van der Waals surface area (Å²) in [6, 6.07) is 8.47. The van der Waals surface area contributed by atoms with Crippen LogP contribution in [-0.4, -0.2) is 105 Å². The summed E-state index contributed by atoms with van der Waals surface area (Å²) in [5, 5.41) is 0.689. The van der Waals surface area contributed by atoms with Crippen LogP contribution in [0.25, 0.3) is 0 Å². The van der Waals surface area contributed by atoms with Gasteiger partial charge in [0.1, 0.15) is 11.9 Å². The van der Waals surface area contributed by atoms with Gasteiger partial charge in [0.25, 0.3) is 0 Å². The van der Waals surface area contributed by atoms with Gasteiger partial charge in [-0.25, -0.2) is 9.18 Å². The summed E-state index contributed by atoms with van der Waals surface area (Å²) in [4.78, 5) is 21.8. The molecule has 2 aliphatic heterocycles. The average molecular weight is 655 g/mol. The lowest BCUT2D eigenvalue weighted by Crippen LogP contribution is -2.46. The van der Waals surface area contributed by atoms with Crippen molar-refractivity contribution >= 4 is 17.6 Å². The van der Waals surface area contributed by atoms with Gasteiger partial charge in [-0.1, -0.05) is 23.7 Å². The van der Waals surface area contributed by atoms with Gasteiger partial charge in [0.2, 0.25) is 0 Å². The lowest BCUT2D eigenvalue weighted by atomic mass is 9.81. The standard InChI is InChI=1S/C34H47ClF4N4O2/c1-6-45-33(44)32(28-7-8-29(36)24(3)31(28)25-9-13-42(14-10-25)22-34(37,38)39)41(5)12-11-30(43-17-15-40(4)16-18-43)26-19-23(2)20-27(35)21-26/h7-8,19-21,25,30,32H,6,9-18,22H2,1-5H3/t30-,32?/m0/s1. The van der Waals surface area contributed by atoms with Crippen LogP contribution in [0.4, 0.5) is 17.6 Å². The first kappa shape index (κ1) is 35.6. The minimum absolute atomic E-state index is 0.0776. The summed E-state index contributed by atoms with van der Waals surface area (Å²) in [5.74, 6) is -0.974. The predicted molar refractivity (Wildman–Crippen MR) is 170 cm³/mol. The van der Waals surface area contributed by atoms with Crippen LogP contribution in [0.1, 0.15) is 72.0 Å². The van der Waals surface area contributed by atoms with Crippen molar-refractivity contribution in [2.75, 3.05) is 73.1 Å². The van der Waals surface area contributed by atoms with Gasteiger partial charge in [-0.15, -0.1) is 0 Å². The topological polar surface area (TPSA) is 39.3 Å². The monoisotopic (exact) mass is 654 g/mol. The van der Waals surface area contributed by atoms with Crippen LogP contribution in [-0.2, 0) is 9.53 Å². The molecule has 0 amide bonds. The zero-order valence-corrected chi connectivity index (χ0v) is 27.9. The van der Waals surface area contributed by atoms with Crippen LogP contribution in [0.2, 0.25) is 5.02 Å². The molecule has 0 bridgehead atoms. The molecule has 11 heteroatoms. The van der Waals surface area contributed by atoms with E-state index in [1.165, 1.54) is 11.0 Å².